The molecule has 1 rings (SSSR count). The van der Waals surface area contributed by atoms with Gasteiger partial charge in [-0.2, -0.15) is 0 Å². The first-order valence-corrected chi connectivity index (χ1v) is 3.22. The second-order valence-corrected chi connectivity index (χ2v) is 2.35. The van der Waals surface area contributed by atoms with Crippen molar-refractivity contribution in [2.75, 3.05) is 6.61 Å². The average Bonchev–Trinajstić information content (AvgIpc) is 1.96. The lowest BCUT2D eigenvalue weighted by Gasteiger charge is -2.29. The maximum Gasteiger partial charge on any atom is 0.191 e. The van der Waals surface area contributed by atoms with Crippen LogP contribution in [0.1, 0.15) is 0 Å². The van der Waals surface area contributed by atoms with Crippen molar-refractivity contribution in [1.29, 1.82) is 0 Å². The lowest BCUT2D eigenvalue weighted by atomic mass is 10.1. The molecule has 0 aromatic carbocycles. The van der Waals surface area contributed by atoms with Crippen molar-refractivity contribution in [2.45, 2.75) is 18.4 Å². The normalized spacial score (nSPS) is 37.7. The summed E-state index contributed by atoms with van der Waals surface area (Å²) in [6.45, 7) is -0.297. The number of aliphatic imine (C=N–C) groups is 1. The molecule has 1 unspecified atom stereocenters. The van der Waals surface area contributed by atoms with Gasteiger partial charge in [-0.05, 0) is 0 Å². The Bertz CT molecular complexity index is 172. The number of hydrogen-bond acceptors (Lipinski definition) is 6. The monoisotopic (exact) mass is 161 g/mol. The molecule has 6 heteroatoms. The molecule has 1 heterocycles. The van der Waals surface area contributed by atoms with Crippen LogP contribution in [0.3, 0.4) is 0 Å². The highest BCUT2D eigenvalue weighted by molar-refractivity contribution is 5.79. The SMILES string of the molecule is NC1=NC(O)[C@@H](O)[C@@H](CO)N1. The first-order chi connectivity index (χ1) is 5.15. The van der Waals surface area contributed by atoms with E-state index >= 15 is 0 Å². The average molecular weight is 161 g/mol. The summed E-state index contributed by atoms with van der Waals surface area (Å²) in [7, 11) is 0. The fourth-order valence-corrected chi connectivity index (χ4v) is 0.893. The summed E-state index contributed by atoms with van der Waals surface area (Å²) in [6, 6.07) is -0.637. The Hall–Kier alpha value is -0.850. The molecule has 6 nitrogen and oxygen atoms in total. The number of nitrogens with two attached hydrogens (primary N) is 1. The molecule has 1 aliphatic heterocycles. The minimum Gasteiger partial charge on any atom is -0.394 e. The quantitative estimate of drug-likeness (QED) is 0.280. The molecule has 64 valence electrons. The standard InChI is InChI=1S/C5H11N3O3/c6-5-7-2(1-9)3(10)4(11)8-5/h2-4,9-11H,1H2,(H3,6,7,8)/t2-,3+,4?/m1/s1. The fraction of sp³-hybridized carbons (Fsp3) is 0.800. The molecule has 0 aliphatic carbocycles. The molecular formula is C5H11N3O3. The summed E-state index contributed by atoms with van der Waals surface area (Å²) in [5.41, 5.74) is 5.21. The van der Waals surface area contributed by atoms with Gasteiger partial charge in [-0.3, -0.25) is 0 Å². The van der Waals surface area contributed by atoms with E-state index in [0.717, 1.165) is 0 Å². The van der Waals surface area contributed by atoms with Crippen molar-refractivity contribution in [2.24, 2.45) is 10.7 Å². The summed E-state index contributed by atoms with van der Waals surface area (Å²) in [4.78, 5) is 3.44. The highest BCUT2D eigenvalue weighted by Crippen LogP contribution is 2.05. The molecule has 1 aliphatic rings. The molecule has 6 N–H and O–H groups in total. The Kier molecular flexibility index (Phi) is 2.28. The Morgan fingerprint density at radius 2 is 2.18 bits per heavy atom. The minimum absolute atomic E-state index is 0.0295. The molecule has 11 heavy (non-hydrogen) atoms. The van der Waals surface area contributed by atoms with Crippen LogP contribution >= 0.6 is 0 Å². The van der Waals surface area contributed by atoms with Crippen molar-refractivity contribution in [3.05, 3.63) is 0 Å². The van der Waals surface area contributed by atoms with Crippen LogP contribution in [0.15, 0.2) is 4.99 Å². The summed E-state index contributed by atoms with van der Waals surface area (Å²) in [5, 5.41) is 29.3. The number of aliphatic hydroxyl groups excluding tert-OH is 3. The Morgan fingerprint density at radius 3 is 2.73 bits per heavy atom. The minimum atomic E-state index is -1.24. The van der Waals surface area contributed by atoms with Gasteiger partial charge in [0, 0.05) is 0 Å². The van der Waals surface area contributed by atoms with Crippen LogP contribution in [0, 0.1) is 0 Å². The highest BCUT2D eigenvalue weighted by atomic mass is 16.3. The van der Waals surface area contributed by atoms with E-state index in [0.29, 0.717) is 0 Å². The number of rotatable bonds is 1. The molecule has 0 spiro atoms. The van der Waals surface area contributed by atoms with E-state index in [1.165, 1.54) is 0 Å². The zero-order valence-electron chi connectivity index (χ0n) is 5.81. The summed E-state index contributed by atoms with van der Waals surface area (Å²) in [5.74, 6) is 0.0295. The third-order valence-electron chi connectivity index (χ3n) is 1.52. The van der Waals surface area contributed by atoms with Crippen molar-refractivity contribution < 1.29 is 15.3 Å². The zero-order chi connectivity index (χ0) is 8.43. The Balaban J connectivity index is 2.67. The van der Waals surface area contributed by atoms with Crippen LogP contribution in [-0.4, -0.2) is 46.3 Å². The van der Waals surface area contributed by atoms with Gasteiger partial charge in [-0.15, -0.1) is 0 Å². The fourth-order valence-electron chi connectivity index (χ4n) is 0.893. The molecule has 0 fully saturated rings. The number of guanidine groups is 1. The molecule has 0 saturated heterocycles. The first-order valence-electron chi connectivity index (χ1n) is 3.22. The zero-order valence-corrected chi connectivity index (χ0v) is 5.81. The Morgan fingerprint density at radius 1 is 1.55 bits per heavy atom. The van der Waals surface area contributed by atoms with Crippen LogP contribution < -0.4 is 11.1 Å². The number of hydrogen-bond donors (Lipinski definition) is 5. The molecule has 0 radical (unpaired) electrons. The molecule has 3 atom stereocenters. The number of aliphatic hydroxyl groups is 3. The lowest BCUT2D eigenvalue weighted by molar-refractivity contribution is -0.0142. The first kappa shape index (κ1) is 8.25. The molecule has 0 bridgehead atoms. The van der Waals surface area contributed by atoms with E-state index in [4.69, 9.17) is 21.1 Å². The van der Waals surface area contributed by atoms with E-state index < -0.39 is 18.4 Å². The second-order valence-electron chi connectivity index (χ2n) is 2.35. The van der Waals surface area contributed by atoms with Crippen LogP contribution in [0.5, 0.6) is 0 Å². The topological polar surface area (TPSA) is 111 Å². The van der Waals surface area contributed by atoms with E-state index in [-0.39, 0.29) is 12.6 Å². The van der Waals surface area contributed by atoms with Gasteiger partial charge in [0.1, 0.15) is 6.10 Å². The predicted molar refractivity (Wildman–Crippen MR) is 37.6 cm³/mol. The molecular weight excluding hydrogens is 150 g/mol. The van der Waals surface area contributed by atoms with Crippen molar-refractivity contribution in [3.63, 3.8) is 0 Å². The highest BCUT2D eigenvalue weighted by Gasteiger charge is 2.29. The third kappa shape index (κ3) is 1.59. The molecule has 0 amide bonds. The van der Waals surface area contributed by atoms with E-state index in [2.05, 4.69) is 10.3 Å². The van der Waals surface area contributed by atoms with Gasteiger partial charge >= 0.3 is 0 Å². The van der Waals surface area contributed by atoms with Crippen LogP contribution in [0.25, 0.3) is 0 Å². The second kappa shape index (κ2) is 3.04. The number of nitrogens with one attached hydrogen (secondary N) is 1. The van der Waals surface area contributed by atoms with Gasteiger partial charge in [-0.25, -0.2) is 4.99 Å². The summed E-state index contributed by atoms with van der Waals surface area (Å²) in [6.07, 6.45) is -2.35. The van der Waals surface area contributed by atoms with Crippen molar-refractivity contribution in [3.8, 4) is 0 Å². The van der Waals surface area contributed by atoms with Crippen LogP contribution in [0.2, 0.25) is 0 Å². The van der Waals surface area contributed by atoms with Crippen LogP contribution in [0.4, 0.5) is 0 Å². The van der Waals surface area contributed by atoms with E-state index in [9.17, 15) is 0 Å². The van der Waals surface area contributed by atoms with E-state index in [1.807, 2.05) is 0 Å². The van der Waals surface area contributed by atoms with Gasteiger partial charge < -0.3 is 26.4 Å². The Labute approximate surface area is 63.4 Å². The third-order valence-corrected chi connectivity index (χ3v) is 1.52. The smallest absolute Gasteiger partial charge is 0.191 e. The van der Waals surface area contributed by atoms with Gasteiger partial charge in [-0.1, -0.05) is 0 Å². The molecule has 0 aromatic heterocycles. The number of nitrogens with zero attached hydrogens (tertiary/aromatic N) is 1. The lowest BCUT2D eigenvalue weighted by Crippen LogP contribution is -2.56. The van der Waals surface area contributed by atoms with Gasteiger partial charge in [0.05, 0.1) is 12.6 Å². The van der Waals surface area contributed by atoms with Gasteiger partial charge in [0.25, 0.3) is 0 Å². The largest absolute Gasteiger partial charge is 0.394 e. The van der Waals surface area contributed by atoms with Gasteiger partial charge in [0.15, 0.2) is 12.2 Å². The van der Waals surface area contributed by atoms with Gasteiger partial charge in [0.2, 0.25) is 0 Å². The maximum absolute atomic E-state index is 9.12. The van der Waals surface area contributed by atoms with E-state index in [1.54, 1.807) is 0 Å². The van der Waals surface area contributed by atoms with Crippen molar-refractivity contribution in [1.82, 2.24) is 5.32 Å². The summed E-state index contributed by atoms with van der Waals surface area (Å²) < 4.78 is 0. The summed E-state index contributed by atoms with van der Waals surface area (Å²) >= 11 is 0. The predicted octanol–water partition coefficient (Wildman–Crippen LogP) is -3.06. The van der Waals surface area contributed by atoms with Crippen molar-refractivity contribution >= 4 is 5.96 Å². The molecule has 0 aromatic rings. The maximum atomic E-state index is 9.12. The van der Waals surface area contributed by atoms with Crippen LogP contribution in [-0.2, 0) is 0 Å². The molecule has 0 saturated carbocycles.